The molecule has 1 aromatic carbocycles. The van der Waals surface area contributed by atoms with Gasteiger partial charge in [-0.25, -0.2) is 8.42 Å². The molecular weight excluding hydrogens is 410 g/mol. The second-order valence-electron chi connectivity index (χ2n) is 7.66. The number of fused-ring (bicyclic) bond motifs is 1. The van der Waals surface area contributed by atoms with Gasteiger partial charge in [0.25, 0.3) is 10.0 Å². The lowest BCUT2D eigenvalue weighted by atomic mass is 10.1. The number of sulfonamides is 1. The van der Waals surface area contributed by atoms with Crippen molar-refractivity contribution in [3.8, 4) is 0 Å². The molecule has 2 saturated heterocycles. The molecule has 4 rings (SSSR count). The van der Waals surface area contributed by atoms with E-state index >= 15 is 0 Å². The molecule has 1 unspecified atom stereocenters. The maximum Gasteiger partial charge on any atom is 0.250 e. The molecule has 0 radical (unpaired) electrons. The monoisotopic (exact) mass is 435 g/mol. The second-order valence-corrected chi connectivity index (χ2v) is 10.7. The average Bonchev–Trinajstić information content (AvgIpc) is 3.32. The number of amides is 2. The van der Waals surface area contributed by atoms with Gasteiger partial charge in [0.2, 0.25) is 11.8 Å². The van der Waals surface area contributed by atoms with Crippen LogP contribution in [0.2, 0.25) is 0 Å². The number of likely N-dealkylation sites (tertiary alicyclic amines) is 2. The standard InChI is InChI=1S/C20H25N3O4S2/c1-14(19(24)22-10-5-2-6-11-22)23-12-9-16(20(23)25)21-29(26,27)18-13-15-7-3-4-8-17(15)28-18/h3-4,7-8,13-14,16,21H,2,5-6,9-12H2,1H3/t14-,16?/m0/s1. The van der Waals surface area contributed by atoms with E-state index in [-0.39, 0.29) is 16.0 Å². The third-order valence-corrected chi connectivity index (χ3v) is 8.76. The van der Waals surface area contributed by atoms with E-state index < -0.39 is 22.1 Å². The number of nitrogens with one attached hydrogen (secondary N) is 1. The normalized spacial score (nSPS) is 21.7. The summed E-state index contributed by atoms with van der Waals surface area (Å²) in [7, 11) is -3.80. The molecule has 0 saturated carbocycles. The number of piperidine rings is 1. The molecule has 2 amide bonds. The van der Waals surface area contributed by atoms with E-state index in [1.165, 1.54) is 16.2 Å². The number of nitrogens with zero attached hydrogens (tertiary/aromatic N) is 2. The van der Waals surface area contributed by atoms with Crippen molar-refractivity contribution in [1.82, 2.24) is 14.5 Å². The number of benzene rings is 1. The summed E-state index contributed by atoms with van der Waals surface area (Å²) >= 11 is 1.18. The maximum absolute atomic E-state index is 12.8. The van der Waals surface area contributed by atoms with Crippen molar-refractivity contribution >= 4 is 43.3 Å². The lowest BCUT2D eigenvalue weighted by Gasteiger charge is -2.32. The summed E-state index contributed by atoms with van der Waals surface area (Å²) in [5, 5.41) is 0.859. The summed E-state index contributed by atoms with van der Waals surface area (Å²) in [5.74, 6) is -0.376. The van der Waals surface area contributed by atoms with Crippen molar-refractivity contribution in [2.45, 2.75) is 48.9 Å². The Morgan fingerprint density at radius 1 is 1.17 bits per heavy atom. The van der Waals surface area contributed by atoms with E-state index in [2.05, 4.69) is 4.72 Å². The minimum atomic E-state index is -3.80. The first-order chi connectivity index (χ1) is 13.9. The van der Waals surface area contributed by atoms with Crippen LogP contribution in [0.5, 0.6) is 0 Å². The van der Waals surface area contributed by atoms with Gasteiger partial charge in [-0.1, -0.05) is 18.2 Å². The van der Waals surface area contributed by atoms with Gasteiger partial charge in [0.05, 0.1) is 0 Å². The zero-order valence-electron chi connectivity index (χ0n) is 16.3. The summed E-state index contributed by atoms with van der Waals surface area (Å²) in [5.41, 5.74) is 0. The minimum absolute atomic E-state index is 0.0499. The third kappa shape index (κ3) is 4.04. The summed E-state index contributed by atoms with van der Waals surface area (Å²) in [6.07, 6.45) is 3.47. The molecule has 29 heavy (non-hydrogen) atoms. The fraction of sp³-hybridized carbons (Fsp3) is 0.500. The number of carbonyl (C=O) groups is 2. The van der Waals surface area contributed by atoms with Crippen molar-refractivity contribution in [3.63, 3.8) is 0 Å². The van der Waals surface area contributed by atoms with E-state index in [0.29, 0.717) is 13.0 Å². The van der Waals surface area contributed by atoms with Crippen LogP contribution in [0.3, 0.4) is 0 Å². The Bertz CT molecular complexity index is 994. The van der Waals surface area contributed by atoms with Gasteiger partial charge < -0.3 is 9.80 Å². The smallest absolute Gasteiger partial charge is 0.250 e. The van der Waals surface area contributed by atoms with Gasteiger partial charge in [-0.15, -0.1) is 11.3 Å². The van der Waals surface area contributed by atoms with Crippen LogP contribution in [0.25, 0.3) is 10.1 Å². The lowest BCUT2D eigenvalue weighted by Crippen LogP contribution is -2.51. The minimum Gasteiger partial charge on any atom is -0.341 e. The van der Waals surface area contributed by atoms with Crippen molar-refractivity contribution in [2.24, 2.45) is 0 Å². The highest BCUT2D eigenvalue weighted by molar-refractivity contribution is 7.91. The molecule has 1 N–H and O–H groups in total. The van der Waals surface area contributed by atoms with Gasteiger partial charge in [0.15, 0.2) is 0 Å². The van der Waals surface area contributed by atoms with E-state index in [1.54, 1.807) is 13.0 Å². The number of rotatable bonds is 5. The fourth-order valence-electron chi connectivity index (χ4n) is 4.04. The Balaban J connectivity index is 1.45. The summed E-state index contributed by atoms with van der Waals surface area (Å²) < 4.78 is 29.3. The van der Waals surface area contributed by atoms with E-state index in [9.17, 15) is 18.0 Å². The van der Waals surface area contributed by atoms with Crippen LogP contribution >= 0.6 is 11.3 Å². The molecule has 3 heterocycles. The van der Waals surface area contributed by atoms with E-state index in [0.717, 1.165) is 42.4 Å². The molecule has 7 nitrogen and oxygen atoms in total. The molecule has 2 aliphatic heterocycles. The number of hydrogen-bond acceptors (Lipinski definition) is 5. The third-order valence-electron chi connectivity index (χ3n) is 5.70. The SMILES string of the molecule is C[C@@H](C(=O)N1CCCCC1)N1CCC(NS(=O)(=O)c2cc3ccccc3s2)C1=O. The molecule has 2 aromatic rings. The molecule has 2 atom stereocenters. The Kier molecular flexibility index (Phi) is 5.63. The second kappa shape index (κ2) is 8.04. The topological polar surface area (TPSA) is 86.8 Å². The summed E-state index contributed by atoms with van der Waals surface area (Å²) in [6.45, 7) is 3.57. The van der Waals surface area contributed by atoms with Crippen LogP contribution in [0.1, 0.15) is 32.6 Å². The van der Waals surface area contributed by atoms with Crippen molar-refractivity contribution in [2.75, 3.05) is 19.6 Å². The van der Waals surface area contributed by atoms with Crippen LogP contribution in [0.4, 0.5) is 0 Å². The van der Waals surface area contributed by atoms with Crippen LogP contribution < -0.4 is 4.72 Å². The van der Waals surface area contributed by atoms with Crippen molar-refractivity contribution < 1.29 is 18.0 Å². The van der Waals surface area contributed by atoms with Gasteiger partial charge in [0, 0.05) is 24.3 Å². The van der Waals surface area contributed by atoms with Gasteiger partial charge in [-0.3, -0.25) is 9.59 Å². The predicted octanol–water partition coefficient (Wildman–Crippen LogP) is 2.18. The molecule has 1 aromatic heterocycles. The van der Waals surface area contributed by atoms with Gasteiger partial charge in [-0.2, -0.15) is 4.72 Å². The Morgan fingerprint density at radius 3 is 2.62 bits per heavy atom. The highest BCUT2D eigenvalue weighted by Gasteiger charge is 2.40. The van der Waals surface area contributed by atoms with Crippen molar-refractivity contribution in [3.05, 3.63) is 30.3 Å². The molecule has 156 valence electrons. The highest BCUT2D eigenvalue weighted by atomic mass is 32.2. The molecule has 0 aliphatic carbocycles. The first-order valence-corrected chi connectivity index (χ1v) is 12.3. The average molecular weight is 436 g/mol. The molecular formula is C20H25N3O4S2. The molecule has 2 fully saturated rings. The molecule has 0 bridgehead atoms. The van der Waals surface area contributed by atoms with Crippen LogP contribution in [0.15, 0.2) is 34.5 Å². The fourth-order valence-corrected chi connectivity index (χ4v) is 6.68. The highest BCUT2D eigenvalue weighted by Crippen LogP contribution is 2.29. The quantitative estimate of drug-likeness (QED) is 0.780. The predicted molar refractivity (Wildman–Crippen MR) is 112 cm³/mol. The first kappa shape index (κ1) is 20.3. The van der Waals surface area contributed by atoms with Crippen LogP contribution in [-0.4, -0.2) is 61.7 Å². The van der Waals surface area contributed by atoms with Gasteiger partial charge in [-0.05, 0) is 50.1 Å². The zero-order chi connectivity index (χ0) is 20.6. The Labute approximate surface area is 174 Å². The number of thiophene rings is 1. The lowest BCUT2D eigenvalue weighted by molar-refractivity contribution is -0.143. The van der Waals surface area contributed by atoms with Crippen LogP contribution in [0, 0.1) is 0 Å². The van der Waals surface area contributed by atoms with Crippen LogP contribution in [-0.2, 0) is 19.6 Å². The maximum atomic E-state index is 12.8. The van der Waals surface area contributed by atoms with Crippen molar-refractivity contribution in [1.29, 1.82) is 0 Å². The molecule has 9 heteroatoms. The Morgan fingerprint density at radius 2 is 1.90 bits per heavy atom. The largest absolute Gasteiger partial charge is 0.341 e. The zero-order valence-corrected chi connectivity index (χ0v) is 18.0. The molecule has 2 aliphatic rings. The van der Waals surface area contributed by atoms with E-state index in [4.69, 9.17) is 0 Å². The van der Waals surface area contributed by atoms with Gasteiger partial charge >= 0.3 is 0 Å². The summed E-state index contributed by atoms with van der Waals surface area (Å²) in [4.78, 5) is 28.9. The summed E-state index contributed by atoms with van der Waals surface area (Å²) in [6, 6.07) is 7.68. The number of hydrogen-bond donors (Lipinski definition) is 1. The molecule has 0 spiro atoms. The van der Waals surface area contributed by atoms with Gasteiger partial charge in [0.1, 0.15) is 16.3 Å². The number of carbonyl (C=O) groups excluding carboxylic acids is 2. The first-order valence-electron chi connectivity index (χ1n) is 9.97. The van der Waals surface area contributed by atoms with E-state index in [1.807, 2.05) is 29.2 Å². The Hall–Kier alpha value is -1.97.